The van der Waals surface area contributed by atoms with Crippen molar-refractivity contribution in [2.75, 3.05) is 19.6 Å². The minimum Gasteiger partial charge on any atom is -0.353 e. The maximum absolute atomic E-state index is 12.5. The molecule has 1 aliphatic heterocycles. The number of amides is 2. The molecule has 122 valence electrons. The van der Waals surface area contributed by atoms with Crippen LogP contribution in [0.5, 0.6) is 0 Å². The van der Waals surface area contributed by atoms with Gasteiger partial charge in [0.1, 0.15) is 6.04 Å². The first kappa shape index (κ1) is 18.0. The number of hydrogen-bond acceptors (Lipinski definition) is 3. The molecule has 0 radical (unpaired) electrons. The van der Waals surface area contributed by atoms with Crippen molar-refractivity contribution >= 4 is 11.8 Å². The van der Waals surface area contributed by atoms with Crippen LogP contribution in [0.1, 0.15) is 53.4 Å². The van der Waals surface area contributed by atoms with E-state index in [4.69, 9.17) is 5.73 Å². The standard InChI is InChI=1S/C16H31N3O2/c1-5-13-15(21)18-10-11-19(13)14(20)7-6-12(8-9-17)16(2,3)4/h12-13H,5-11,17H2,1-4H3,(H,18,21). The molecular weight excluding hydrogens is 266 g/mol. The Balaban J connectivity index is 2.60. The van der Waals surface area contributed by atoms with Gasteiger partial charge >= 0.3 is 0 Å². The molecule has 1 fully saturated rings. The summed E-state index contributed by atoms with van der Waals surface area (Å²) in [7, 11) is 0. The summed E-state index contributed by atoms with van der Waals surface area (Å²) in [4.78, 5) is 26.0. The van der Waals surface area contributed by atoms with E-state index >= 15 is 0 Å². The van der Waals surface area contributed by atoms with E-state index in [0.717, 1.165) is 12.8 Å². The third kappa shape index (κ3) is 4.99. The Hall–Kier alpha value is -1.10. The van der Waals surface area contributed by atoms with Gasteiger partial charge in [-0.1, -0.05) is 27.7 Å². The summed E-state index contributed by atoms with van der Waals surface area (Å²) in [5, 5.41) is 2.83. The van der Waals surface area contributed by atoms with Gasteiger partial charge < -0.3 is 16.0 Å². The summed E-state index contributed by atoms with van der Waals surface area (Å²) < 4.78 is 0. The van der Waals surface area contributed by atoms with Crippen LogP contribution in [0.15, 0.2) is 0 Å². The summed E-state index contributed by atoms with van der Waals surface area (Å²) in [6.45, 7) is 10.4. The van der Waals surface area contributed by atoms with Crippen molar-refractivity contribution in [3.63, 3.8) is 0 Å². The molecule has 1 saturated heterocycles. The van der Waals surface area contributed by atoms with Crippen LogP contribution in [0.25, 0.3) is 0 Å². The molecule has 3 N–H and O–H groups in total. The van der Waals surface area contributed by atoms with E-state index in [1.165, 1.54) is 0 Å². The average Bonchev–Trinajstić information content (AvgIpc) is 2.41. The number of hydrogen-bond donors (Lipinski definition) is 2. The predicted octanol–water partition coefficient (Wildman–Crippen LogP) is 1.51. The second kappa shape index (κ2) is 7.78. The van der Waals surface area contributed by atoms with E-state index in [0.29, 0.717) is 38.4 Å². The lowest BCUT2D eigenvalue weighted by Gasteiger charge is -2.36. The Morgan fingerprint density at radius 2 is 2.10 bits per heavy atom. The van der Waals surface area contributed by atoms with Gasteiger partial charge in [0.15, 0.2) is 0 Å². The van der Waals surface area contributed by atoms with E-state index < -0.39 is 0 Å². The second-order valence-corrected chi connectivity index (χ2v) is 6.98. The summed E-state index contributed by atoms with van der Waals surface area (Å²) in [6.07, 6.45) is 2.96. The lowest BCUT2D eigenvalue weighted by Crippen LogP contribution is -2.56. The summed E-state index contributed by atoms with van der Waals surface area (Å²) >= 11 is 0. The fraction of sp³-hybridized carbons (Fsp3) is 0.875. The number of nitrogens with two attached hydrogens (primary N) is 1. The first-order valence-corrected chi connectivity index (χ1v) is 8.08. The number of nitrogens with one attached hydrogen (secondary N) is 1. The van der Waals surface area contributed by atoms with Gasteiger partial charge in [-0.3, -0.25) is 9.59 Å². The van der Waals surface area contributed by atoms with Crippen molar-refractivity contribution in [1.82, 2.24) is 10.2 Å². The van der Waals surface area contributed by atoms with Crippen LogP contribution in [0.4, 0.5) is 0 Å². The monoisotopic (exact) mass is 297 g/mol. The summed E-state index contributed by atoms with van der Waals surface area (Å²) in [5.41, 5.74) is 5.84. The predicted molar refractivity (Wildman–Crippen MR) is 84.7 cm³/mol. The molecule has 0 aliphatic carbocycles. The molecule has 1 heterocycles. The smallest absolute Gasteiger partial charge is 0.242 e. The van der Waals surface area contributed by atoms with Gasteiger partial charge in [-0.05, 0) is 37.1 Å². The lowest BCUT2D eigenvalue weighted by atomic mass is 9.76. The van der Waals surface area contributed by atoms with Gasteiger partial charge in [-0.25, -0.2) is 0 Å². The number of rotatable bonds is 6. The van der Waals surface area contributed by atoms with Crippen molar-refractivity contribution in [1.29, 1.82) is 0 Å². The summed E-state index contributed by atoms with van der Waals surface area (Å²) in [5.74, 6) is 0.513. The van der Waals surface area contributed by atoms with Gasteiger partial charge in [-0.15, -0.1) is 0 Å². The van der Waals surface area contributed by atoms with E-state index in [-0.39, 0.29) is 23.3 Å². The molecule has 2 amide bonds. The Labute approximate surface area is 128 Å². The van der Waals surface area contributed by atoms with Crippen molar-refractivity contribution in [3.8, 4) is 0 Å². The normalized spacial score (nSPS) is 21.1. The molecule has 0 aromatic heterocycles. The Kier molecular flexibility index (Phi) is 6.65. The molecule has 0 saturated carbocycles. The van der Waals surface area contributed by atoms with Crippen molar-refractivity contribution < 1.29 is 9.59 Å². The number of nitrogens with zero attached hydrogens (tertiary/aromatic N) is 1. The molecule has 0 aromatic rings. The Morgan fingerprint density at radius 3 is 2.62 bits per heavy atom. The quantitative estimate of drug-likeness (QED) is 0.780. The molecule has 2 unspecified atom stereocenters. The lowest BCUT2D eigenvalue weighted by molar-refractivity contribution is -0.143. The molecule has 21 heavy (non-hydrogen) atoms. The van der Waals surface area contributed by atoms with Crippen LogP contribution in [0.3, 0.4) is 0 Å². The zero-order chi connectivity index (χ0) is 16.0. The summed E-state index contributed by atoms with van der Waals surface area (Å²) in [6, 6.07) is -0.297. The van der Waals surface area contributed by atoms with E-state index in [1.54, 1.807) is 4.90 Å². The highest BCUT2D eigenvalue weighted by atomic mass is 16.2. The van der Waals surface area contributed by atoms with E-state index in [1.807, 2.05) is 6.92 Å². The van der Waals surface area contributed by atoms with Gasteiger partial charge in [0.25, 0.3) is 0 Å². The largest absolute Gasteiger partial charge is 0.353 e. The molecule has 5 nitrogen and oxygen atoms in total. The Morgan fingerprint density at radius 1 is 1.43 bits per heavy atom. The van der Waals surface area contributed by atoms with Crippen molar-refractivity contribution in [2.45, 2.75) is 59.4 Å². The first-order valence-electron chi connectivity index (χ1n) is 8.08. The minimum absolute atomic E-state index is 0.0218. The van der Waals surface area contributed by atoms with Crippen LogP contribution in [0, 0.1) is 11.3 Å². The van der Waals surface area contributed by atoms with Crippen LogP contribution < -0.4 is 11.1 Å². The zero-order valence-electron chi connectivity index (χ0n) is 13.9. The van der Waals surface area contributed by atoms with Crippen LogP contribution in [-0.2, 0) is 9.59 Å². The molecule has 5 heteroatoms. The van der Waals surface area contributed by atoms with Gasteiger partial charge in [0, 0.05) is 19.5 Å². The molecule has 0 bridgehead atoms. The van der Waals surface area contributed by atoms with Crippen molar-refractivity contribution in [2.24, 2.45) is 17.1 Å². The number of piperazine rings is 1. The minimum atomic E-state index is -0.297. The first-order chi connectivity index (χ1) is 9.81. The SMILES string of the molecule is CCC1C(=O)NCCN1C(=O)CCC(CCN)C(C)(C)C. The maximum Gasteiger partial charge on any atom is 0.242 e. The second-order valence-electron chi connectivity index (χ2n) is 6.98. The topological polar surface area (TPSA) is 75.4 Å². The molecule has 2 atom stereocenters. The fourth-order valence-electron chi connectivity index (χ4n) is 3.07. The van der Waals surface area contributed by atoms with Gasteiger partial charge in [0.05, 0.1) is 0 Å². The van der Waals surface area contributed by atoms with Crippen molar-refractivity contribution in [3.05, 3.63) is 0 Å². The van der Waals surface area contributed by atoms with Crippen LogP contribution in [-0.4, -0.2) is 42.4 Å². The third-order valence-electron chi connectivity index (χ3n) is 4.48. The van der Waals surface area contributed by atoms with E-state index in [9.17, 15) is 9.59 Å². The number of carbonyl (C=O) groups is 2. The highest BCUT2D eigenvalue weighted by molar-refractivity contribution is 5.88. The highest BCUT2D eigenvalue weighted by Crippen LogP contribution is 2.32. The highest BCUT2D eigenvalue weighted by Gasteiger charge is 2.32. The molecule has 0 spiro atoms. The zero-order valence-corrected chi connectivity index (χ0v) is 13.9. The van der Waals surface area contributed by atoms with Crippen LogP contribution in [0.2, 0.25) is 0 Å². The third-order valence-corrected chi connectivity index (χ3v) is 4.48. The Bertz CT molecular complexity index is 363. The van der Waals surface area contributed by atoms with Gasteiger partial charge in [-0.2, -0.15) is 0 Å². The van der Waals surface area contributed by atoms with E-state index in [2.05, 4.69) is 26.1 Å². The average molecular weight is 297 g/mol. The molecule has 0 aromatic carbocycles. The maximum atomic E-state index is 12.5. The molecule has 1 aliphatic rings. The number of carbonyl (C=O) groups excluding carboxylic acids is 2. The van der Waals surface area contributed by atoms with Gasteiger partial charge in [0.2, 0.25) is 11.8 Å². The van der Waals surface area contributed by atoms with Crippen LogP contribution >= 0.6 is 0 Å². The fourth-order valence-corrected chi connectivity index (χ4v) is 3.07. The molecule has 1 rings (SSSR count). The molecular formula is C16H31N3O2.